The van der Waals surface area contributed by atoms with Crippen LogP contribution in [0.4, 0.5) is 0 Å². The van der Waals surface area contributed by atoms with Crippen molar-refractivity contribution in [3.05, 3.63) is 90.0 Å². The average Bonchev–Trinajstić information content (AvgIpc) is 2.67. The third-order valence-corrected chi connectivity index (χ3v) is 4.05. The van der Waals surface area contributed by atoms with Crippen LogP contribution in [0.3, 0.4) is 0 Å². The SMILES string of the molecule is CC(=O)Oc1ccc([C@H](OC(C)=O)c2ccc(-c3ccccc3)cc2)cc1. The van der Waals surface area contributed by atoms with Crippen LogP contribution < -0.4 is 4.74 Å². The molecular weight excluding hydrogens is 340 g/mol. The number of carbonyl (C=O) groups excluding carboxylic acids is 2. The molecule has 0 radical (unpaired) electrons. The summed E-state index contributed by atoms with van der Waals surface area (Å²) in [6, 6.07) is 24.9. The Labute approximate surface area is 158 Å². The number of carbonyl (C=O) groups is 2. The third kappa shape index (κ3) is 4.82. The van der Waals surface area contributed by atoms with Crippen LogP contribution in [-0.2, 0) is 14.3 Å². The van der Waals surface area contributed by atoms with Crippen molar-refractivity contribution in [2.45, 2.75) is 20.0 Å². The van der Waals surface area contributed by atoms with E-state index in [4.69, 9.17) is 9.47 Å². The Balaban J connectivity index is 1.88. The lowest BCUT2D eigenvalue weighted by Gasteiger charge is -2.18. The van der Waals surface area contributed by atoms with E-state index in [-0.39, 0.29) is 11.9 Å². The largest absolute Gasteiger partial charge is 0.453 e. The Bertz CT molecular complexity index is 913. The van der Waals surface area contributed by atoms with Gasteiger partial charge in [0.25, 0.3) is 0 Å². The van der Waals surface area contributed by atoms with Crippen LogP contribution in [0.15, 0.2) is 78.9 Å². The number of hydrogen-bond donors (Lipinski definition) is 0. The normalized spacial score (nSPS) is 11.5. The lowest BCUT2D eigenvalue weighted by Crippen LogP contribution is -2.10. The molecule has 3 rings (SSSR count). The Morgan fingerprint density at radius 3 is 1.70 bits per heavy atom. The zero-order chi connectivity index (χ0) is 19.2. The van der Waals surface area contributed by atoms with Crippen LogP contribution in [-0.4, -0.2) is 11.9 Å². The molecule has 0 aliphatic rings. The predicted molar refractivity (Wildman–Crippen MR) is 103 cm³/mol. The fourth-order valence-corrected chi connectivity index (χ4v) is 2.85. The molecule has 4 heteroatoms. The maximum absolute atomic E-state index is 11.6. The summed E-state index contributed by atoms with van der Waals surface area (Å²) in [4.78, 5) is 22.7. The quantitative estimate of drug-likeness (QED) is 0.478. The summed E-state index contributed by atoms with van der Waals surface area (Å²) >= 11 is 0. The minimum atomic E-state index is -0.529. The standard InChI is InChI=1S/C23H20O4/c1-16(24)26-22-14-12-21(13-15-22)23(27-17(2)25)20-10-8-19(9-11-20)18-6-4-3-5-7-18/h3-15,23H,1-2H3/t23-/m1/s1. The van der Waals surface area contributed by atoms with Crippen molar-refractivity contribution in [2.24, 2.45) is 0 Å². The van der Waals surface area contributed by atoms with E-state index in [1.54, 1.807) is 24.3 Å². The van der Waals surface area contributed by atoms with Gasteiger partial charge in [0.15, 0.2) is 6.10 Å². The zero-order valence-corrected chi connectivity index (χ0v) is 15.2. The van der Waals surface area contributed by atoms with E-state index in [0.717, 1.165) is 22.3 Å². The molecule has 0 heterocycles. The number of rotatable bonds is 5. The fourth-order valence-electron chi connectivity index (χ4n) is 2.85. The Kier molecular flexibility index (Phi) is 5.67. The summed E-state index contributed by atoms with van der Waals surface area (Å²) in [5, 5.41) is 0. The van der Waals surface area contributed by atoms with Gasteiger partial charge < -0.3 is 9.47 Å². The molecule has 1 atom stereocenters. The molecule has 0 spiro atoms. The molecule has 0 bridgehead atoms. The Morgan fingerprint density at radius 2 is 1.19 bits per heavy atom. The molecule has 0 N–H and O–H groups in total. The minimum Gasteiger partial charge on any atom is -0.453 e. The predicted octanol–water partition coefficient (Wildman–Crippen LogP) is 4.93. The first-order valence-electron chi connectivity index (χ1n) is 8.64. The summed E-state index contributed by atoms with van der Waals surface area (Å²) in [5.41, 5.74) is 3.88. The molecule has 3 aromatic rings. The first-order chi connectivity index (χ1) is 13.0. The molecule has 27 heavy (non-hydrogen) atoms. The molecule has 0 aliphatic carbocycles. The average molecular weight is 360 g/mol. The van der Waals surface area contributed by atoms with Crippen molar-refractivity contribution in [3.63, 3.8) is 0 Å². The Morgan fingerprint density at radius 1 is 0.667 bits per heavy atom. The van der Waals surface area contributed by atoms with E-state index in [0.29, 0.717) is 5.75 Å². The van der Waals surface area contributed by atoms with Crippen LogP contribution in [0, 0.1) is 0 Å². The van der Waals surface area contributed by atoms with E-state index >= 15 is 0 Å². The maximum Gasteiger partial charge on any atom is 0.308 e. The van der Waals surface area contributed by atoms with Gasteiger partial charge in [-0.05, 0) is 34.4 Å². The molecule has 0 aromatic heterocycles. The van der Waals surface area contributed by atoms with Crippen LogP contribution in [0.2, 0.25) is 0 Å². The number of ether oxygens (including phenoxy) is 2. The third-order valence-electron chi connectivity index (χ3n) is 4.05. The van der Waals surface area contributed by atoms with Gasteiger partial charge in [-0.3, -0.25) is 9.59 Å². The smallest absolute Gasteiger partial charge is 0.308 e. The van der Waals surface area contributed by atoms with E-state index < -0.39 is 6.10 Å². The Hall–Kier alpha value is -3.40. The van der Waals surface area contributed by atoms with Gasteiger partial charge in [-0.1, -0.05) is 66.7 Å². The summed E-state index contributed by atoms with van der Waals surface area (Å²) in [5.74, 6) is -0.292. The van der Waals surface area contributed by atoms with E-state index in [2.05, 4.69) is 0 Å². The summed E-state index contributed by atoms with van der Waals surface area (Å²) in [6.07, 6.45) is -0.529. The molecule has 0 amide bonds. The van der Waals surface area contributed by atoms with Gasteiger partial charge in [-0.2, -0.15) is 0 Å². The number of benzene rings is 3. The lowest BCUT2D eigenvalue weighted by molar-refractivity contribution is -0.144. The maximum atomic E-state index is 11.6. The van der Waals surface area contributed by atoms with Crippen LogP contribution >= 0.6 is 0 Å². The number of hydrogen-bond acceptors (Lipinski definition) is 4. The van der Waals surface area contributed by atoms with Crippen molar-refractivity contribution in [3.8, 4) is 16.9 Å². The van der Waals surface area contributed by atoms with Gasteiger partial charge in [-0.15, -0.1) is 0 Å². The van der Waals surface area contributed by atoms with Crippen LogP contribution in [0.5, 0.6) is 5.75 Å². The van der Waals surface area contributed by atoms with Crippen LogP contribution in [0.25, 0.3) is 11.1 Å². The van der Waals surface area contributed by atoms with Gasteiger partial charge >= 0.3 is 11.9 Å². The molecule has 0 saturated heterocycles. The topological polar surface area (TPSA) is 52.6 Å². The molecule has 0 aliphatic heterocycles. The molecule has 0 unspecified atom stereocenters. The molecule has 136 valence electrons. The summed E-state index contributed by atoms with van der Waals surface area (Å²) in [7, 11) is 0. The molecular formula is C23H20O4. The zero-order valence-electron chi connectivity index (χ0n) is 15.2. The summed E-state index contributed by atoms with van der Waals surface area (Å²) < 4.78 is 10.6. The van der Waals surface area contributed by atoms with Gasteiger partial charge in [-0.25, -0.2) is 0 Å². The highest BCUT2D eigenvalue weighted by Gasteiger charge is 2.18. The minimum absolute atomic E-state index is 0.365. The van der Waals surface area contributed by atoms with Crippen molar-refractivity contribution >= 4 is 11.9 Å². The molecule has 4 nitrogen and oxygen atoms in total. The van der Waals surface area contributed by atoms with Gasteiger partial charge in [0.05, 0.1) is 0 Å². The lowest BCUT2D eigenvalue weighted by atomic mass is 9.98. The van der Waals surface area contributed by atoms with Crippen molar-refractivity contribution in [1.29, 1.82) is 0 Å². The van der Waals surface area contributed by atoms with E-state index in [1.165, 1.54) is 13.8 Å². The van der Waals surface area contributed by atoms with Crippen molar-refractivity contribution in [2.75, 3.05) is 0 Å². The first kappa shape index (κ1) is 18.4. The van der Waals surface area contributed by atoms with E-state index in [1.807, 2.05) is 54.6 Å². The van der Waals surface area contributed by atoms with Crippen molar-refractivity contribution < 1.29 is 19.1 Å². The second kappa shape index (κ2) is 8.32. The first-order valence-corrected chi connectivity index (χ1v) is 8.64. The molecule has 0 fully saturated rings. The van der Waals surface area contributed by atoms with Gasteiger partial charge in [0.1, 0.15) is 5.75 Å². The molecule has 0 saturated carbocycles. The number of esters is 2. The highest BCUT2D eigenvalue weighted by atomic mass is 16.5. The van der Waals surface area contributed by atoms with Crippen LogP contribution in [0.1, 0.15) is 31.1 Å². The fraction of sp³-hybridized carbons (Fsp3) is 0.130. The second-order valence-electron chi connectivity index (χ2n) is 6.14. The van der Waals surface area contributed by atoms with Gasteiger partial charge in [0, 0.05) is 13.8 Å². The molecule has 3 aromatic carbocycles. The second-order valence-corrected chi connectivity index (χ2v) is 6.14. The van der Waals surface area contributed by atoms with Crippen molar-refractivity contribution in [1.82, 2.24) is 0 Å². The monoisotopic (exact) mass is 360 g/mol. The van der Waals surface area contributed by atoms with Gasteiger partial charge in [0.2, 0.25) is 0 Å². The summed E-state index contributed by atoms with van der Waals surface area (Å²) in [6.45, 7) is 2.74. The highest BCUT2D eigenvalue weighted by Crippen LogP contribution is 2.30. The van der Waals surface area contributed by atoms with E-state index in [9.17, 15) is 9.59 Å². The highest BCUT2D eigenvalue weighted by molar-refractivity contribution is 5.69.